The van der Waals surface area contributed by atoms with Crippen LogP contribution in [0.25, 0.3) is 0 Å². The minimum Gasteiger partial charge on any atom is -0.484 e. The number of thiazole rings is 1. The zero-order valence-electron chi connectivity index (χ0n) is 56.8. The van der Waals surface area contributed by atoms with Crippen molar-refractivity contribution in [3.8, 4) is 5.75 Å². The molecule has 1 fully saturated rings. The number of carbonyl (C=O) groups is 9. The highest BCUT2D eigenvalue weighted by atomic mass is 32.1. The van der Waals surface area contributed by atoms with Gasteiger partial charge in [-0.1, -0.05) is 105 Å². The molecule has 512 valence electrons. The molecule has 0 spiro atoms. The highest BCUT2D eigenvalue weighted by Gasteiger charge is 2.44. The van der Waals surface area contributed by atoms with Crippen LogP contribution in [0.15, 0.2) is 66.2 Å². The van der Waals surface area contributed by atoms with Crippen molar-refractivity contribution in [2.75, 3.05) is 59.9 Å². The van der Waals surface area contributed by atoms with Crippen molar-refractivity contribution in [1.82, 2.24) is 30.3 Å². The normalized spacial score (nSPS) is 16.5. The number of unbranched alkanes of at least 4 members (excludes halogenated alkanes) is 2. The van der Waals surface area contributed by atoms with Crippen molar-refractivity contribution in [3.63, 3.8) is 0 Å². The van der Waals surface area contributed by atoms with Gasteiger partial charge in [0.15, 0.2) is 18.2 Å². The molecule has 2 heterocycles. The van der Waals surface area contributed by atoms with Crippen LogP contribution in [-0.2, 0) is 59.1 Å². The van der Waals surface area contributed by atoms with Crippen LogP contribution in [0.1, 0.15) is 162 Å². The predicted molar refractivity (Wildman–Crippen MR) is 356 cm³/mol. The maximum Gasteiger partial charge on any atom is 0.312 e. The Hall–Kier alpha value is -6.66. The van der Waals surface area contributed by atoms with Crippen molar-refractivity contribution < 1.29 is 62.2 Å². The average Bonchev–Trinajstić information content (AvgIpc) is 1.35. The molecule has 0 bridgehead atoms. The molecule has 7 amide bonds. The maximum absolute atomic E-state index is 14.9. The Morgan fingerprint density at radius 2 is 1.48 bits per heavy atom. The number of ketones is 3. The van der Waals surface area contributed by atoms with Gasteiger partial charge in [0.25, 0.3) is 5.91 Å². The van der Waals surface area contributed by atoms with E-state index in [2.05, 4.69) is 37.9 Å². The van der Waals surface area contributed by atoms with Crippen LogP contribution in [0, 0.1) is 41.4 Å². The molecule has 0 aliphatic carbocycles. The second kappa shape index (κ2) is 39.8. The topological polar surface area (TPSA) is 301 Å². The summed E-state index contributed by atoms with van der Waals surface area (Å²) in [5.41, 5.74) is 6.76. The molecule has 11 atom stereocenters. The zero-order valence-corrected chi connectivity index (χ0v) is 57.6. The summed E-state index contributed by atoms with van der Waals surface area (Å²) >= 11 is 1.54. The van der Waals surface area contributed by atoms with E-state index in [1.165, 1.54) is 16.2 Å². The number of carbonyl (C=O) groups excluding carboxylic acids is 9. The third-order valence-electron chi connectivity index (χ3n) is 18.1. The minimum atomic E-state index is -0.903. The Labute approximate surface area is 550 Å². The van der Waals surface area contributed by atoms with Crippen LogP contribution in [0.4, 0.5) is 10.5 Å². The number of rotatable bonds is 43. The van der Waals surface area contributed by atoms with Gasteiger partial charge >= 0.3 is 6.03 Å². The Kier molecular flexibility index (Phi) is 33.6. The number of methoxy groups -OCH3 is 2. The predicted octanol–water partition coefficient (Wildman–Crippen LogP) is 8.70. The fourth-order valence-electron chi connectivity index (χ4n) is 12.6. The molecule has 22 nitrogen and oxygen atoms in total. The van der Waals surface area contributed by atoms with Crippen LogP contribution in [0.2, 0.25) is 0 Å². The molecular weight excluding hydrogens is 1190 g/mol. The lowest BCUT2D eigenvalue weighted by Crippen LogP contribution is -2.54. The number of hydrogen-bond donors (Lipinski definition) is 5. The number of benzene rings is 2. The van der Waals surface area contributed by atoms with E-state index in [0.29, 0.717) is 63.1 Å². The van der Waals surface area contributed by atoms with Crippen molar-refractivity contribution in [1.29, 1.82) is 0 Å². The molecule has 0 unspecified atom stereocenters. The second-order valence-electron chi connectivity index (χ2n) is 25.8. The number of aromatic nitrogens is 1. The van der Waals surface area contributed by atoms with E-state index < -0.39 is 72.5 Å². The third-order valence-corrected chi connectivity index (χ3v) is 19.0. The summed E-state index contributed by atoms with van der Waals surface area (Å²) in [6.45, 7) is 17.7. The molecule has 4 rings (SSSR count). The molecule has 92 heavy (non-hydrogen) atoms. The lowest BCUT2D eigenvalue weighted by molar-refractivity contribution is -0.150. The summed E-state index contributed by atoms with van der Waals surface area (Å²) in [7, 11) is 6.39. The lowest BCUT2D eigenvalue weighted by atomic mass is 9.83. The number of nitrogens with two attached hydrogens (primary N) is 2. The third kappa shape index (κ3) is 24.0. The van der Waals surface area contributed by atoms with Gasteiger partial charge in [-0.05, 0) is 98.4 Å². The summed E-state index contributed by atoms with van der Waals surface area (Å²) in [6.07, 6.45) is 5.97. The Morgan fingerprint density at radius 3 is 2.07 bits per heavy atom. The van der Waals surface area contributed by atoms with E-state index in [1.807, 2.05) is 90.8 Å². The van der Waals surface area contributed by atoms with E-state index in [-0.39, 0.29) is 116 Å². The second-order valence-corrected chi connectivity index (χ2v) is 26.7. The van der Waals surface area contributed by atoms with E-state index in [9.17, 15) is 43.2 Å². The maximum atomic E-state index is 14.9. The largest absolute Gasteiger partial charge is 0.484 e. The van der Waals surface area contributed by atoms with Gasteiger partial charge in [-0.15, -0.1) is 11.3 Å². The van der Waals surface area contributed by atoms with Gasteiger partial charge in [0.05, 0.1) is 54.4 Å². The highest BCUT2D eigenvalue weighted by molar-refractivity contribution is 7.09. The number of ether oxygens (including phenoxy) is 3. The molecule has 3 aromatic rings. The molecule has 1 aromatic heterocycles. The van der Waals surface area contributed by atoms with E-state index in [4.69, 9.17) is 25.8 Å². The van der Waals surface area contributed by atoms with Crippen LogP contribution >= 0.6 is 11.3 Å². The smallest absolute Gasteiger partial charge is 0.312 e. The van der Waals surface area contributed by atoms with E-state index >= 15 is 0 Å². The molecule has 2 aromatic carbocycles. The van der Waals surface area contributed by atoms with E-state index in [0.717, 1.165) is 23.4 Å². The van der Waals surface area contributed by atoms with Crippen LogP contribution in [0.3, 0.4) is 0 Å². The van der Waals surface area contributed by atoms with E-state index in [1.54, 1.807) is 63.7 Å². The molecule has 23 heteroatoms. The first-order valence-corrected chi connectivity index (χ1v) is 33.7. The van der Waals surface area contributed by atoms with Gasteiger partial charge in [0.2, 0.25) is 23.6 Å². The van der Waals surface area contributed by atoms with Crippen molar-refractivity contribution >= 4 is 69.9 Å². The quantitative estimate of drug-likeness (QED) is 0.0261. The first-order chi connectivity index (χ1) is 43.8. The van der Waals surface area contributed by atoms with Gasteiger partial charge in [-0.25, -0.2) is 15.7 Å². The van der Waals surface area contributed by atoms with Gasteiger partial charge in [-0.2, -0.15) is 0 Å². The summed E-state index contributed by atoms with van der Waals surface area (Å²) in [6, 6.07) is 13.0. The average molecular weight is 1300 g/mol. The number of Topliss-reactive ketones (excluding diaryl/α,β-unsaturated/α-hetero) is 3. The zero-order chi connectivity index (χ0) is 68.2. The number of primary amides is 1. The molecule has 7 N–H and O–H groups in total. The SMILES string of the molecule is CC[C@H](C)[C@@H]([C@@H](CC(=O)N1CCC[C@H]1[C@H](OC)[C@@H](C)C(=O)C[C@@H](Cc1ccccc1)c1nccs1)OC)N(C)C(=O)[C@@H](CC(=O)[C@H](C(C)C)N(C)C(=O)COc1ccc(NC(=O)[C@H](CCCNC(N)=O)CC(=O)[C@@H](NC(=O)CCCCCON)C(C)C)cc1)C(C)C. The van der Waals surface area contributed by atoms with Crippen molar-refractivity contribution in [3.05, 3.63) is 76.7 Å². The van der Waals surface area contributed by atoms with Crippen molar-refractivity contribution in [2.45, 2.75) is 194 Å². The van der Waals surface area contributed by atoms with Crippen LogP contribution in [0.5, 0.6) is 5.75 Å². The molecule has 0 radical (unpaired) electrons. The number of amides is 7. The number of likely N-dealkylation sites (N-methyl/N-ethyl adjacent to an activating group) is 2. The van der Waals surface area contributed by atoms with Crippen molar-refractivity contribution in [2.24, 2.45) is 53.1 Å². The summed E-state index contributed by atoms with van der Waals surface area (Å²) in [5, 5.41) is 11.0. The van der Waals surface area contributed by atoms with Crippen LogP contribution < -0.4 is 32.3 Å². The molecule has 0 saturated carbocycles. The van der Waals surface area contributed by atoms with Gasteiger partial charge in [0, 0.05) is 108 Å². The number of nitrogens with zero attached hydrogens (tertiary/aromatic N) is 4. The molecular formula is C69H107N9O13S. The first kappa shape index (κ1) is 77.8. The first-order valence-electron chi connectivity index (χ1n) is 32.8. The Balaban J connectivity index is 1.40. The molecule has 1 saturated heterocycles. The van der Waals surface area contributed by atoms with Gasteiger partial charge in [0.1, 0.15) is 11.5 Å². The number of hydrogen-bond acceptors (Lipinski definition) is 16. The van der Waals surface area contributed by atoms with Gasteiger partial charge < -0.3 is 55.4 Å². The highest BCUT2D eigenvalue weighted by Crippen LogP contribution is 2.34. The Morgan fingerprint density at radius 1 is 0.783 bits per heavy atom. The van der Waals surface area contributed by atoms with Crippen LogP contribution in [-0.4, -0.2) is 164 Å². The number of likely N-dealkylation sites (tertiary alicyclic amines) is 1. The minimum absolute atomic E-state index is 0.0279. The lowest BCUT2D eigenvalue weighted by Gasteiger charge is -2.41. The number of anilines is 1. The molecule has 1 aliphatic heterocycles. The fraction of sp³-hybridized carbons (Fsp3) is 0.652. The summed E-state index contributed by atoms with van der Waals surface area (Å²) < 4.78 is 18.2. The fourth-order valence-corrected chi connectivity index (χ4v) is 13.4. The number of nitrogens with one attached hydrogen (secondary N) is 3. The van der Waals surface area contributed by atoms with Gasteiger partial charge in [-0.3, -0.25) is 38.4 Å². The monoisotopic (exact) mass is 1300 g/mol. The summed E-state index contributed by atoms with van der Waals surface area (Å²) in [4.78, 5) is 138. The standard InChI is InChI=1S/C69H107N9O13S/c1-14-46(8)64(58(88-12)41-60(83)78-34-22-26-54(78)65(89-13)47(9)55(79)39-50(67-72-33-36-92-67)37-48-23-17-15-18-24-48)77(11)68(86)53(43(2)3)40-57(81)63(45(6)7)76(10)61(84)42-90-52-30-28-51(29-31-52)74-66(85)49(25-21-32-73-69(70)87)38-56(80)62(44(4)5)75-59(82)27-19-16-20-35-91-71/h15,17-18,23-24,28-31,33,36,43-47,49-50,53-54,58,62-65H,14,16,19-22,25-27,32,34-35,37-42,71H2,1-13H3,(H,74,85)(H,75,82)(H3,70,73,87)/t46-,47-,49+,50+,53-,54-,58+,62-,63-,64-,65+/m0/s1. The number of urea groups is 1. The Bertz CT molecular complexity index is 2790. The molecule has 1 aliphatic rings. The summed E-state index contributed by atoms with van der Waals surface area (Å²) in [5.74, 6) is -0.00728.